The molecule has 0 aliphatic heterocycles. The second kappa shape index (κ2) is 5.30. The van der Waals surface area contributed by atoms with Gasteiger partial charge < -0.3 is 14.3 Å². The summed E-state index contributed by atoms with van der Waals surface area (Å²) in [7, 11) is 1.40. The van der Waals surface area contributed by atoms with Crippen LogP contribution in [0.1, 0.15) is 32.0 Å². The van der Waals surface area contributed by atoms with Gasteiger partial charge in [-0.3, -0.25) is 0 Å². The molecule has 1 atom stereocenters. The Bertz CT molecular complexity index is 420. The van der Waals surface area contributed by atoms with Crippen LogP contribution in [-0.4, -0.2) is 22.6 Å². The lowest BCUT2D eigenvalue weighted by Gasteiger charge is -2.19. The van der Waals surface area contributed by atoms with Crippen LogP contribution in [0.5, 0.6) is 0 Å². The highest BCUT2D eigenvalue weighted by Crippen LogP contribution is 2.21. The fourth-order valence-corrected chi connectivity index (χ4v) is 2.07. The first-order valence-corrected chi connectivity index (χ1v) is 5.72. The van der Waals surface area contributed by atoms with Gasteiger partial charge in [-0.05, 0) is 31.5 Å². The van der Waals surface area contributed by atoms with E-state index in [2.05, 4.69) is 18.8 Å². The first kappa shape index (κ1) is 13.0. The van der Waals surface area contributed by atoms with Crippen LogP contribution in [0.15, 0.2) is 6.20 Å². The molecule has 1 aromatic rings. The lowest BCUT2D eigenvalue weighted by atomic mass is 10.0. The number of imidazole rings is 1. The summed E-state index contributed by atoms with van der Waals surface area (Å²) < 4.78 is 7.21. The summed E-state index contributed by atoms with van der Waals surface area (Å²) >= 11 is 5.17. The lowest BCUT2D eigenvalue weighted by molar-refractivity contribution is -0.145. The summed E-state index contributed by atoms with van der Waals surface area (Å²) in [6.07, 6.45) is 2.53. The van der Waals surface area contributed by atoms with E-state index in [1.165, 1.54) is 7.11 Å². The van der Waals surface area contributed by atoms with Crippen molar-refractivity contribution in [2.24, 2.45) is 5.92 Å². The molecule has 0 aliphatic rings. The van der Waals surface area contributed by atoms with Gasteiger partial charge in [0, 0.05) is 11.9 Å². The van der Waals surface area contributed by atoms with Gasteiger partial charge in [0.2, 0.25) is 0 Å². The van der Waals surface area contributed by atoms with E-state index in [1.807, 2.05) is 11.5 Å². The second-order valence-electron chi connectivity index (χ2n) is 4.27. The molecule has 0 aromatic carbocycles. The molecule has 0 spiro atoms. The van der Waals surface area contributed by atoms with Gasteiger partial charge in [0.1, 0.15) is 6.04 Å². The van der Waals surface area contributed by atoms with Crippen molar-refractivity contribution in [2.45, 2.75) is 33.2 Å². The minimum atomic E-state index is -0.330. The van der Waals surface area contributed by atoms with Crippen LogP contribution in [0.25, 0.3) is 0 Å². The number of hydrogen-bond acceptors (Lipinski definition) is 3. The zero-order valence-corrected chi connectivity index (χ0v) is 10.9. The molecule has 1 unspecified atom stereocenters. The third kappa shape index (κ3) is 2.72. The fraction of sp³-hybridized carbons (Fsp3) is 0.636. The number of hydrogen-bond donors (Lipinski definition) is 1. The Morgan fingerprint density at radius 3 is 2.62 bits per heavy atom. The van der Waals surface area contributed by atoms with E-state index in [0.717, 1.165) is 12.1 Å². The molecule has 1 N–H and O–H groups in total. The third-order valence-corrected chi connectivity index (χ3v) is 2.80. The van der Waals surface area contributed by atoms with Crippen LogP contribution >= 0.6 is 12.2 Å². The van der Waals surface area contributed by atoms with E-state index in [4.69, 9.17) is 17.0 Å². The largest absolute Gasteiger partial charge is 0.467 e. The normalized spacial score (nSPS) is 12.8. The van der Waals surface area contributed by atoms with Crippen molar-refractivity contribution in [3.63, 3.8) is 0 Å². The van der Waals surface area contributed by atoms with Crippen molar-refractivity contribution in [1.29, 1.82) is 0 Å². The number of rotatable bonds is 4. The van der Waals surface area contributed by atoms with Gasteiger partial charge >= 0.3 is 5.97 Å². The van der Waals surface area contributed by atoms with E-state index in [1.54, 1.807) is 6.20 Å². The number of nitrogens with zero attached hydrogens (tertiary/aromatic N) is 1. The molecule has 0 radical (unpaired) electrons. The Morgan fingerprint density at radius 1 is 1.62 bits per heavy atom. The molecule has 16 heavy (non-hydrogen) atoms. The first-order valence-electron chi connectivity index (χ1n) is 5.31. The smallest absolute Gasteiger partial charge is 0.328 e. The number of methoxy groups -OCH3 is 1. The van der Waals surface area contributed by atoms with Crippen LogP contribution in [-0.2, 0) is 9.53 Å². The molecule has 0 bridgehead atoms. The van der Waals surface area contributed by atoms with E-state index >= 15 is 0 Å². The van der Waals surface area contributed by atoms with Crippen molar-refractivity contribution >= 4 is 18.2 Å². The van der Waals surface area contributed by atoms with Crippen molar-refractivity contribution in [3.05, 3.63) is 16.7 Å². The van der Waals surface area contributed by atoms with Gasteiger partial charge in [-0.25, -0.2) is 4.79 Å². The van der Waals surface area contributed by atoms with E-state index in [9.17, 15) is 4.79 Å². The molecule has 1 rings (SSSR count). The van der Waals surface area contributed by atoms with Gasteiger partial charge in [-0.15, -0.1) is 0 Å². The van der Waals surface area contributed by atoms with Gasteiger partial charge in [0.25, 0.3) is 0 Å². The summed E-state index contributed by atoms with van der Waals surface area (Å²) in [5, 5.41) is 0. The highest BCUT2D eigenvalue weighted by molar-refractivity contribution is 7.71. The molecular formula is C11H18N2O2S. The van der Waals surface area contributed by atoms with Crippen LogP contribution in [0.2, 0.25) is 0 Å². The summed E-state index contributed by atoms with van der Waals surface area (Å²) in [6.45, 7) is 6.06. The summed E-state index contributed by atoms with van der Waals surface area (Å²) in [5.74, 6) is 0.160. The van der Waals surface area contributed by atoms with Gasteiger partial charge in [0.15, 0.2) is 4.77 Å². The highest BCUT2D eigenvalue weighted by Gasteiger charge is 2.24. The maximum Gasteiger partial charge on any atom is 0.328 e. The summed E-state index contributed by atoms with van der Waals surface area (Å²) in [5.41, 5.74) is 0.945. The molecule has 90 valence electrons. The van der Waals surface area contributed by atoms with Gasteiger partial charge in [-0.2, -0.15) is 0 Å². The molecule has 4 nitrogen and oxygen atoms in total. The molecule has 5 heteroatoms. The molecule has 0 amide bonds. The molecular weight excluding hydrogens is 224 g/mol. The Labute approximate surface area is 101 Å². The summed E-state index contributed by atoms with van der Waals surface area (Å²) in [4.78, 5) is 14.7. The number of carbonyl (C=O) groups excluding carboxylic acids is 1. The van der Waals surface area contributed by atoms with Crippen LogP contribution in [0.4, 0.5) is 0 Å². The molecule has 0 aliphatic carbocycles. The van der Waals surface area contributed by atoms with E-state index in [-0.39, 0.29) is 12.0 Å². The fourth-order valence-electron chi connectivity index (χ4n) is 1.74. The van der Waals surface area contributed by atoms with Crippen LogP contribution < -0.4 is 0 Å². The predicted octanol–water partition coefficient (Wildman–Crippen LogP) is 2.61. The lowest BCUT2D eigenvalue weighted by Crippen LogP contribution is -2.23. The Morgan fingerprint density at radius 2 is 2.25 bits per heavy atom. The van der Waals surface area contributed by atoms with Crippen molar-refractivity contribution in [2.75, 3.05) is 7.11 Å². The predicted molar refractivity (Wildman–Crippen MR) is 64.9 cm³/mol. The van der Waals surface area contributed by atoms with Crippen LogP contribution in [0, 0.1) is 17.6 Å². The van der Waals surface area contributed by atoms with Gasteiger partial charge in [-0.1, -0.05) is 13.8 Å². The third-order valence-electron chi connectivity index (χ3n) is 2.48. The zero-order valence-electron chi connectivity index (χ0n) is 10.1. The molecule has 0 saturated carbocycles. The number of aromatic amines is 1. The van der Waals surface area contributed by atoms with Crippen molar-refractivity contribution in [3.8, 4) is 0 Å². The monoisotopic (exact) mass is 242 g/mol. The Kier molecular flexibility index (Phi) is 4.29. The minimum Gasteiger partial charge on any atom is -0.467 e. The molecule has 0 saturated heterocycles. The van der Waals surface area contributed by atoms with Crippen LogP contribution in [0.3, 0.4) is 0 Å². The minimum absolute atomic E-state index is 0.243. The number of carbonyl (C=O) groups is 1. The SMILES string of the molecule is COC(=O)C(CC(C)C)n1c(C)c[nH]c1=S. The average molecular weight is 242 g/mol. The van der Waals surface area contributed by atoms with Crippen molar-refractivity contribution in [1.82, 2.24) is 9.55 Å². The maximum absolute atomic E-state index is 11.7. The number of H-pyrrole nitrogens is 1. The quantitative estimate of drug-likeness (QED) is 0.652. The first-order chi connectivity index (χ1) is 7.47. The number of esters is 1. The van der Waals surface area contributed by atoms with E-state index < -0.39 is 0 Å². The zero-order chi connectivity index (χ0) is 12.3. The number of aryl methyl sites for hydroxylation is 1. The Balaban J connectivity index is 3.10. The topological polar surface area (TPSA) is 47.0 Å². The number of aromatic nitrogens is 2. The second-order valence-corrected chi connectivity index (χ2v) is 4.66. The van der Waals surface area contributed by atoms with Gasteiger partial charge in [0.05, 0.1) is 7.11 Å². The average Bonchev–Trinajstić information content (AvgIpc) is 2.54. The number of nitrogens with one attached hydrogen (secondary N) is 1. The highest BCUT2D eigenvalue weighted by atomic mass is 32.1. The molecule has 1 aromatic heterocycles. The standard InChI is InChI=1S/C11H18N2O2S/c1-7(2)5-9(10(14)15-4)13-8(3)6-12-11(13)16/h6-7,9H,5H2,1-4H3,(H,12,16). The molecule has 1 heterocycles. The maximum atomic E-state index is 11.7. The molecule has 0 fully saturated rings. The van der Waals surface area contributed by atoms with E-state index in [0.29, 0.717) is 10.7 Å². The summed E-state index contributed by atoms with van der Waals surface area (Å²) in [6, 6.07) is -0.330. The van der Waals surface area contributed by atoms with Crippen molar-refractivity contribution < 1.29 is 9.53 Å². The number of ether oxygens (including phenoxy) is 1. The Hall–Kier alpha value is -1.10.